The van der Waals surface area contributed by atoms with E-state index in [0.29, 0.717) is 18.4 Å². The molecule has 1 N–H and O–H groups in total. The SMILES string of the molecule is COC(=O)C1=C(C(=O)O)CCC1. The van der Waals surface area contributed by atoms with E-state index in [1.165, 1.54) is 7.11 Å². The Kier molecular flexibility index (Phi) is 2.47. The third kappa shape index (κ3) is 1.47. The third-order valence-electron chi connectivity index (χ3n) is 1.91. The minimum atomic E-state index is -1.01. The second-order valence-corrected chi connectivity index (χ2v) is 2.61. The van der Waals surface area contributed by atoms with E-state index < -0.39 is 11.9 Å². The van der Waals surface area contributed by atoms with E-state index >= 15 is 0 Å². The molecule has 0 aromatic rings. The number of hydrogen-bond donors (Lipinski definition) is 1. The molecule has 0 amide bonds. The van der Waals surface area contributed by atoms with Gasteiger partial charge in [-0.2, -0.15) is 0 Å². The number of carbonyl (C=O) groups excluding carboxylic acids is 1. The van der Waals surface area contributed by atoms with Crippen molar-refractivity contribution in [2.45, 2.75) is 19.3 Å². The van der Waals surface area contributed by atoms with Gasteiger partial charge in [0.05, 0.1) is 7.11 Å². The molecular weight excluding hydrogens is 160 g/mol. The molecule has 4 nitrogen and oxygen atoms in total. The van der Waals surface area contributed by atoms with Gasteiger partial charge in [0.1, 0.15) is 0 Å². The summed E-state index contributed by atoms with van der Waals surface area (Å²) in [5.41, 5.74) is 0.534. The maximum Gasteiger partial charge on any atom is 0.334 e. The molecule has 0 unspecified atom stereocenters. The molecule has 0 radical (unpaired) electrons. The van der Waals surface area contributed by atoms with Gasteiger partial charge in [-0.05, 0) is 19.3 Å². The van der Waals surface area contributed by atoms with Crippen LogP contribution >= 0.6 is 0 Å². The minimum absolute atomic E-state index is 0.210. The van der Waals surface area contributed by atoms with Crippen molar-refractivity contribution in [3.8, 4) is 0 Å². The zero-order valence-corrected chi connectivity index (χ0v) is 6.79. The van der Waals surface area contributed by atoms with Crippen molar-refractivity contribution in [1.29, 1.82) is 0 Å². The Labute approximate surface area is 69.8 Å². The van der Waals surface area contributed by atoms with Crippen molar-refractivity contribution in [2.75, 3.05) is 7.11 Å². The number of carboxylic acid groups (broad SMARTS) is 1. The van der Waals surface area contributed by atoms with Crippen LogP contribution in [0.2, 0.25) is 0 Å². The summed E-state index contributed by atoms with van der Waals surface area (Å²) in [6, 6.07) is 0. The molecule has 0 aromatic heterocycles. The highest BCUT2D eigenvalue weighted by molar-refractivity contribution is 6.00. The van der Waals surface area contributed by atoms with E-state index in [-0.39, 0.29) is 5.57 Å². The molecule has 12 heavy (non-hydrogen) atoms. The smallest absolute Gasteiger partial charge is 0.334 e. The number of ether oxygens (including phenoxy) is 1. The number of rotatable bonds is 2. The summed E-state index contributed by atoms with van der Waals surface area (Å²) >= 11 is 0. The van der Waals surface area contributed by atoms with E-state index in [9.17, 15) is 9.59 Å². The van der Waals surface area contributed by atoms with Crippen molar-refractivity contribution in [3.63, 3.8) is 0 Å². The first-order valence-corrected chi connectivity index (χ1v) is 3.70. The highest BCUT2D eigenvalue weighted by Crippen LogP contribution is 2.26. The fraction of sp³-hybridized carbons (Fsp3) is 0.500. The standard InChI is InChI=1S/C8H10O4/c1-12-8(11)6-4-2-3-5(6)7(9)10/h2-4H2,1H3,(H,9,10). The second-order valence-electron chi connectivity index (χ2n) is 2.61. The van der Waals surface area contributed by atoms with Crippen LogP contribution in [0.15, 0.2) is 11.1 Å². The molecule has 66 valence electrons. The summed E-state index contributed by atoms with van der Waals surface area (Å²) in [6.45, 7) is 0. The molecule has 0 aromatic carbocycles. The number of carboxylic acids is 1. The Hall–Kier alpha value is -1.32. The third-order valence-corrected chi connectivity index (χ3v) is 1.91. The van der Waals surface area contributed by atoms with E-state index in [1.54, 1.807) is 0 Å². The maximum absolute atomic E-state index is 11.0. The van der Waals surface area contributed by atoms with Crippen LogP contribution in [-0.4, -0.2) is 24.2 Å². The molecule has 1 rings (SSSR count). The van der Waals surface area contributed by atoms with Crippen molar-refractivity contribution >= 4 is 11.9 Å². The summed E-state index contributed by atoms with van der Waals surface area (Å²) < 4.78 is 4.45. The van der Waals surface area contributed by atoms with Gasteiger partial charge in [-0.25, -0.2) is 9.59 Å². The summed E-state index contributed by atoms with van der Waals surface area (Å²) in [5.74, 6) is -1.52. The van der Waals surface area contributed by atoms with Crippen LogP contribution in [0.4, 0.5) is 0 Å². The summed E-state index contributed by atoms with van der Waals surface area (Å²) in [7, 11) is 1.26. The number of aliphatic carboxylic acids is 1. The molecule has 1 aliphatic rings. The average molecular weight is 170 g/mol. The zero-order chi connectivity index (χ0) is 9.14. The average Bonchev–Trinajstić information content (AvgIpc) is 2.50. The molecule has 0 bridgehead atoms. The highest BCUT2D eigenvalue weighted by Gasteiger charge is 2.25. The largest absolute Gasteiger partial charge is 0.478 e. The van der Waals surface area contributed by atoms with Crippen molar-refractivity contribution in [1.82, 2.24) is 0 Å². The molecule has 0 atom stereocenters. The highest BCUT2D eigenvalue weighted by atomic mass is 16.5. The molecule has 0 aliphatic heterocycles. The fourth-order valence-electron chi connectivity index (χ4n) is 1.33. The van der Waals surface area contributed by atoms with Crippen LogP contribution in [-0.2, 0) is 14.3 Å². The van der Waals surface area contributed by atoms with Crippen molar-refractivity contribution in [3.05, 3.63) is 11.1 Å². The van der Waals surface area contributed by atoms with Crippen molar-refractivity contribution in [2.24, 2.45) is 0 Å². The van der Waals surface area contributed by atoms with Crippen LogP contribution in [0, 0.1) is 0 Å². The molecule has 0 fully saturated rings. The van der Waals surface area contributed by atoms with Gasteiger partial charge in [0.15, 0.2) is 0 Å². The Morgan fingerprint density at radius 1 is 1.33 bits per heavy atom. The van der Waals surface area contributed by atoms with Gasteiger partial charge < -0.3 is 9.84 Å². The van der Waals surface area contributed by atoms with Gasteiger partial charge in [0, 0.05) is 11.1 Å². The molecular formula is C8H10O4. The van der Waals surface area contributed by atoms with Crippen molar-refractivity contribution < 1.29 is 19.4 Å². The Morgan fingerprint density at radius 2 is 1.92 bits per heavy atom. The lowest BCUT2D eigenvalue weighted by atomic mass is 10.1. The molecule has 0 saturated carbocycles. The van der Waals surface area contributed by atoms with Gasteiger partial charge >= 0.3 is 11.9 Å². The van der Waals surface area contributed by atoms with Gasteiger partial charge in [0.2, 0.25) is 0 Å². The minimum Gasteiger partial charge on any atom is -0.478 e. The molecule has 1 aliphatic carbocycles. The van der Waals surface area contributed by atoms with Gasteiger partial charge in [-0.3, -0.25) is 0 Å². The van der Waals surface area contributed by atoms with Gasteiger partial charge in [-0.1, -0.05) is 0 Å². The monoisotopic (exact) mass is 170 g/mol. The molecule has 0 spiro atoms. The predicted octanol–water partition coefficient (Wildman–Crippen LogP) is 0.724. The summed E-state index contributed by atoms with van der Waals surface area (Å²) in [4.78, 5) is 21.6. The van der Waals surface area contributed by atoms with Crippen LogP contribution in [0.1, 0.15) is 19.3 Å². The number of esters is 1. The van der Waals surface area contributed by atoms with Crippen LogP contribution < -0.4 is 0 Å². The predicted molar refractivity (Wildman–Crippen MR) is 40.5 cm³/mol. The zero-order valence-electron chi connectivity index (χ0n) is 6.79. The molecule has 0 saturated heterocycles. The van der Waals surface area contributed by atoms with E-state index in [0.717, 1.165) is 6.42 Å². The summed E-state index contributed by atoms with van der Waals surface area (Å²) in [5, 5.41) is 8.66. The first-order chi connectivity index (χ1) is 5.66. The number of carbonyl (C=O) groups is 2. The second kappa shape index (κ2) is 3.38. The number of methoxy groups -OCH3 is 1. The Balaban J connectivity index is 2.91. The van der Waals surface area contributed by atoms with Gasteiger partial charge in [0.25, 0.3) is 0 Å². The van der Waals surface area contributed by atoms with Crippen LogP contribution in [0.3, 0.4) is 0 Å². The maximum atomic E-state index is 11.0. The van der Waals surface area contributed by atoms with E-state index in [1.807, 2.05) is 0 Å². The fourth-order valence-corrected chi connectivity index (χ4v) is 1.33. The first kappa shape index (κ1) is 8.77. The first-order valence-electron chi connectivity index (χ1n) is 3.70. The lowest BCUT2D eigenvalue weighted by Crippen LogP contribution is -2.08. The topological polar surface area (TPSA) is 63.6 Å². The van der Waals surface area contributed by atoms with Gasteiger partial charge in [-0.15, -0.1) is 0 Å². The van der Waals surface area contributed by atoms with E-state index in [2.05, 4.69) is 4.74 Å². The van der Waals surface area contributed by atoms with Crippen LogP contribution in [0.5, 0.6) is 0 Å². The Morgan fingerprint density at radius 3 is 2.42 bits per heavy atom. The number of hydrogen-bond acceptors (Lipinski definition) is 3. The lowest BCUT2D eigenvalue weighted by Gasteiger charge is -1.99. The lowest BCUT2D eigenvalue weighted by molar-refractivity contribution is -0.138. The summed E-state index contributed by atoms with van der Waals surface area (Å²) in [6.07, 6.45) is 1.72. The molecule has 0 heterocycles. The quantitative estimate of drug-likeness (QED) is 0.620. The molecule has 4 heteroatoms. The van der Waals surface area contributed by atoms with E-state index in [4.69, 9.17) is 5.11 Å². The van der Waals surface area contributed by atoms with Crippen LogP contribution in [0.25, 0.3) is 0 Å². The Bertz CT molecular complexity index is 252. The normalized spacial score (nSPS) is 16.4.